The molecule has 0 radical (unpaired) electrons. The molecule has 0 saturated heterocycles. The molecule has 0 amide bonds. The summed E-state index contributed by atoms with van der Waals surface area (Å²) in [6.07, 6.45) is 11.6. The lowest BCUT2D eigenvalue weighted by Gasteiger charge is -2.36. The van der Waals surface area contributed by atoms with Crippen LogP contribution in [0.1, 0.15) is 84.4 Å². The number of halogens is 1. The monoisotopic (exact) mass is 488 g/mol. The number of rotatable bonds is 13. The molecule has 0 aliphatic heterocycles. The SMILES string of the molecule is C=C/C(F)=C(\C=C/C)N/C(C)=C(C)/C(=C\C(=C)c1ccc(C(CC)(CCC)C(=C)C)c(C)c1)N=CC. The van der Waals surface area contributed by atoms with Crippen LogP contribution in [-0.4, -0.2) is 6.21 Å². The number of allylic oxidation sites excluding steroid dienone is 9. The van der Waals surface area contributed by atoms with E-state index in [1.165, 1.54) is 22.8 Å². The molecule has 3 heteroatoms. The summed E-state index contributed by atoms with van der Waals surface area (Å²) in [7, 11) is 0. The lowest BCUT2D eigenvalue weighted by molar-refractivity contribution is 0.439. The third kappa shape index (κ3) is 7.40. The van der Waals surface area contributed by atoms with E-state index in [1.807, 2.05) is 33.8 Å². The Morgan fingerprint density at radius 1 is 1.14 bits per heavy atom. The van der Waals surface area contributed by atoms with Crippen LogP contribution >= 0.6 is 0 Å². The summed E-state index contributed by atoms with van der Waals surface area (Å²) in [6.45, 7) is 28.6. The molecule has 0 fully saturated rings. The van der Waals surface area contributed by atoms with E-state index in [0.29, 0.717) is 5.70 Å². The summed E-state index contributed by atoms with van der Waals surface area (Å²) in [4.78, 5) is 4.59. The smallest absolute Gasteiger partial charge is 0.146 e. The van der Waals surface area contributed by atoms with E-state index in [-0.39, 0.29) is 5.41 Å². The van der Waals surface area contributed by atoms with Gasteiger partial charge in [-0.25, -0.2) is 4.39 Å². The number of nitrogens with zero attached hydrogens (tertiary/aromatic N) is 1. The first-order chi connectivity index (χ1) is 17.0. The molecule has 0 aromatic heterocycles. The standard InChI is InChI=1S/C33H45FN2/c1-12-17-31(30(34)14-3)36-27(11)26(10)32(35-16-5)22-24(8)28-18-19-29(25(9)21-28)33(15-4,20-13-2)23(6)7/h12,14,16-19,21-22,36H,3,6,8,13,15,20H2,1-2,4-5,7,9-11H3/b17-12-,27-26+,31-30-,32-22+,35-16?. The maximum absolute atomic E-state index is 14.2. The van der Waals surface area contributed by atoms with Gasteiger partial charge in [0, 0.05) is 17.3 Å². The van der Waals surface area contributed by atoms with Crippen molar-refractivity contribution in [3.8, 4) is 0 Å². The molecule has 0 bridgehead atoms. The zero-order valence-corrected chi connectivity index (χ0v) is 23.7. The minimum atomic E-state index is -0.411. The van der Waals surface area contributed by atoms with E-state index in [1.54, 1.807) is 18.4 Å². The molecule has 36 heavy (non-hydrogen) atoms. The highest BCUT2D eigenvalue weighted by atomic mass is 19.1. The minimum Gasteiger partial charge on any atom is -0.356 e. The molecule has 1 unspecified atom stereocenters. The highest BCUT2D eigenvalue weighted by Gasteiger charge is 2.31. The van der Waals surface area contributed by atoms with Crippen molar-refractivity contribution in [3.63, 3.8) is 0 Å². The van der Waals surface area contributed by atoms with Crippen molar-refractivity contribution in [1.29, 1.82) is 0 Å². The summed E-state index contributed by atoms with van der Waals surface area (Å²) in [5.41, 5.74) is 8.53. The van der Waals surface area contributed by atoms with Crippen molar-refractivity contribution < 1.29 is 4.39 Å². The van der Waals surface area contributed by atoms with Crippen molar-refractivity contribution in [3.05, 3.63) is 113 Å². The van der Waals surface area contributed by atoms with Crippen molar-refractivity contribution in [1.82, 2.24) is 5.32 Å². The molecule has 1 atom stereocenters. The van der Waals surface area contributed by atoms with Crippen molar-refractivity contribution in [2.45, 2.75) is 80.1 Å². The third-order valence-electron chi connectivity index (χ3n) is 6.83. The normalized spacial score (nSPS) is 15.4. The van der Waals surface area contributed by atoms with Crippen molar-refractivity contribution in [2.24, 2.45) is 4.99 Å². The number of benzene rings is 1. The third-order valence-corrected chi connectivity index (χ3v) is 6.83. The molecule has 1 N–H and O–H groups in total. The fraction of sp³-hybridized carbons (Fsp3) is 0.364. The van der Waals surface area contributed by atoms with E-state index in [4.69, 9.17) is 0 Å². The first-order valence-corrected chi connectivity index (χ1v) is 12.8. The van der Waals surface area contributed by atoms with Gasteiger partial charge in [-0.3, -0.25) is 4.99 Å². The Hall–Kier alpha value is -3.20. The average Bonchev–Trinajstić information content (AvgIpc) is 2.85. The van der Waals surface area contributed by atoms with Crippen LogP contribution in [0.4, 0.5) is 4.39 Å². The molecule has 2 nitrogen and oxygen atoms in total. The zero-order chi connectivity index (χ0) is 27.5. The topological polar surface area (TPSA) is 24.4 Å². The van der Waals surface area contributed by atoms with Gasteiger partial charge in [-0.2, -0.15) is 0 Å². The van der Waals surface area contributed by atoms with Crippen LogP contribution in [0.5, 0.6) is 0 Å². The quantitative estimate of drug-likeness (QED) is 0.167. The number of hydrogen-bond acceptors (Lipinski definition) is 2. The van der Waals surface area contributed by atoms with E-state index < -0.39 is 5.83 Å². The van der Waals surface area contributed by atoms with E-state index in [9.17, 15) is 4.39 Å². The fourth-order valence-corrected chi connectivity index (χ4v) is 4.65. The molecule has 0 aliphatic carbocycles. The van der Waals surface area contributed by atoms with Crippen LogP contribution in [0, 0.1) is 6.92 Å². The van der Waals surface area contributed by atoms with Crippen LogP contribution < -0.4 is 5.32 Å². The molecular formula is C33H45FN2. The van der Waals surface area contributed by atoms with Crippen LogP contribution in [0.3, 0.4) is 0 Å². The number of aliphatic imine (C=N–C) groups is 1. The van der Waals surface area contributed by atoms with E-state index in [0.717, 1.165) is 47.4 Å². The lowest BCUT2D eigenvalue weighted by atomic mass is 9.68. The molecule has 0 heterocycles. The predicted molar refractivity (Wildman–Crippen MR) is 159 cm³/mol. The number of nitrogens with one attached hydrogen (secondary N) is 1. The van der Waals surface area contributed by atoms with Crippen LogP contribution in [-0.2, 0) is 5.41 Å². The molecule has 194 valence electrons. The Bertz CT molecular complexity index is 1120. The summed E-state index contributed by atoms with van der Waals surface area (Å²) in [5, 5.41) is 3.16. The largest absolute Gasteiger partial charge is 0.356 e. The van der Waals surface area contributed by atoms with Gasteiger partial charge in [0.15, 0.2) is 0 Å². The molecule has 1 aromatic rings. The molecular weight excluding hydrogens is 443 g/mol. The molecule has 0 spiro atoms. The number of aryl methyl sites for hydroxylation is 1. The fourth-order valence-electron chi connectivity index (χ4n) is 4.65. The van der Waals surface area contributed by atoms with Crippen LogP contribution in [0.2, 0.25) is 0 Å². The first-order valence-electron chi connectivity index (χ1n) is 12.8. The second kappa shape index (κ2) is 14.4. The maximum atomic E-state index is 14.2. The predicted octanol–water partition coefficient (Wildman–Crippen LogP) is 9.83. The van der Waals surface area contributed by atoms with Gasteiger partial charge in [0.25, 0.3) is 0 Å². The second-order valence-electron chi connectivity index (χ2n) is 9.28. The highest BCUT2D eigenvalue weighted by molar-refractivity contribution is 5.75. The van der Waals surface area contributed by atoms with Gasteiger partial charge >= 0.3 is 0 Å². The molecule has 1 aromatic carbocycles. The van der Waals surface area contributed by atoms with Gasteiger partial charge in [-0.1, -0.05) is 69.9 Å². The van der Waals surface area contributed by atoms with Gasteiger partial charge in [-0.05, 0) is 100 Å². The minimum absolute atomic E-state index is 0.00677. The summed E-state index contributed by atoms with van der Waals surface area (Å²) < 4.78 is 14.2. The Labute approximate surface area is 219 Å². The summed E-state index contributed by atoms with van der Waals surface area (Å²) in [5.74, 6) is -0.411. The van der Waals surface area contributed by atoms with Gasteiger partial charge < -0.3 is 5.32 Å². The second-order valence-corrected chi connectivity index (χ2v) is 9.28. The van der Waals surface area contributed by atoms with Gasteiger partial charge in [0.2, 0.25) is 0 Å². The zero-order valence-electron chi connectivity index (χ0n) is 23.7. The lowest BCUT2D eigenvalue weighted by Crippen LogP contribution is -2.27. The molecule has 0 saturated carbocycles. The summed E-state index contributed by atoms with van der Waals surface area (Å²) in [6, 6.07) is 6.59. The molecule has 1 rings (SSSR count). The van der Waals surface area contributed by atoms with E-state index in [2.05, 4.69) is 75.9 Å². The maximum Gasteiger partial charge on any atom is 0.146 e. The van der Waals surface area contributed by atoms with Gasteiger partial charge in [-0.15, -0.1) is 0 Å². The van der Waals surface area contributed by atoms with Gasteiger partial charge in [0.1, 0.15) is 5.83 Å². The highest BCUT2D eigenvalue weighted by Crippen LogP contribution is 2.41. The molecule has 0 aliphatic rings. The summed E-state index contributed by atoms with van der Waals surface area (Å²) >= 11 is 0. The van der Waals surface area contributed by atoms with Gasteiger partial charge in [0.05, 0.1) is 11.4 Å². The Kier molecular flexibility index (Phi) is 12.3. The number of hydrogen-bond donors (Lipinski definition) is 1. The Morgan fingerprint density at radius 3 is 2.28 bits per heavy atom. The van der Waals surface area contributed by atoms with Crippen LogP contribution in [0.25, 0.3) is 5.57 Å². The van der Waals surface area contributed by atoms with Crippen LogP contribution in [0.15, 0.2) is 101 Å². The van der Waals surface area contributed by atoms with E-state index >= 15 is 0 Å². The Morgan fingerprint density at radius 2 is 1.81 bits per heavy atom. The van der Waals surface area contributed by atoms with Crippen molar-refractivity contribution >= 4 is 11.8 Å². The average molecular weight is 489 g/mol. The Balaban J connectivity index is 3.49. The van der Waals surface area contributed by atoms with Crippen molar-refractivity contribution in [2.75, 3.05) is 0 Å². The first kappa shape index (κ1) is 30.8.